The molecule has 1 heterocycles. The van der Waals surface area contributed by atoms with Crippen LogP contribution in [-0.4, -0.2) is 29.2 Å². The minimum Gasteiger partial charge on any atom is -0.494 e. The number of amides is 2. The van der Waals surface area contributed by atoms with Crippen LogP contribution >= 0.6 is 23.1 Å². The van der Waals surface area contributed by atoms with Crippen LogP contribution in [0.2, 0.25) is 0 Å². The molecule has 0 saturated carbocycles. The number of aromatic nitrogens is 1. The first-order valence-electron chi connectivity index (χ1n) is 9.48. The van der Waals surface area contributed by atoms with Crippen molar-refractivity contribution in [3.05, 3.63) is 65.2 Å². The molecule has 3 rings (SSSR count). The van der Waals surface area contributed by atoms with E-state index in [1.807, 2.05) is 55.6 Å². The van der Waals surface area contributed by atoms with Crippen LogP contribution < -0.4 is 15.4 Å². The maximum atomic E-state index is 12.2. The Morgan fingerprint density at radius 3 is 2.30 bits per heavy atom. The Morgan fingerprint density at radius 1 is 1.00 bits per heavy atom. The second-order valence-electron chi connectivity index (χ2n) is 6.49. The summed E-state index contributed by atoms with van der Waals surface area (Å²) in [6, 6.07) is 14.9. The summed E-state index contributed by atoms with van der Waals surface area (Å²) >= 11 is 2.79. The zero-order valence-electron chi connectivity index (χ0n) is 16.8. The molecular formula is C22H23N3O3S2. The maximum Gasteiger partial charge on any atom is 0.234 e. The van der Waals surface area contributed by atoms with Crippen molar-refractivity contribution in [3.8, 4) is 5.75 Å². The van der Waals surface area contributed by atoms with E-state index in [1.54, 1.807) is 12.1 Å². The van der Waals surface area contributed by atoms with Gasteiger partial charge in [0.25, 0.3) is 0 Å². The number of thioether (sulfide) groups is 1. The predicted octanol–water partition coefficient (Wildman–Crippen LogP) is 4.76. The van der Waals surface area contributed by atoms with E-state index in [2.05, 4.69) is 15.6 Å². The second-order valence-corrected chi connectivity index (χ2v) is 8.57. The summed E-state index contributed by atoms with van der Waals surface area (Å²) in [7, 11) is 0. The largest absolute Gasteiger partial charge is 0.494 e. The number of nitrogens with zero attached hydrogens (tertiary/aromatic N) is 1. The van der Waals surface area contributed by atoms with Crippen molar-refractivity contribution >= 4 is 46.3 Å². The van der Waals surface area contributed by atoms with Gasteiger partial charge in [-0.2, -0.15) is 0 Å². The number of carbonyl (C=O) groups excluding carboxylic acids is 2. The summed E-state index contributed by atoms with van der Waals surface area (Å²) in [4.78, 5) is 28.8. The van der Waals surface area contributed by atoms with E-state index in [0.29, 0.717) is 18.0 Å². The third kappa shape index (κ3) is 6.89. The number of aryl methyl sites for hydroxylation is 1. The molecule has 0 radical (unpaired) electrons. The molecule has 0 atom stereocenters. The molecule has 1 aromatic heterocycles. The zero-order valence-corrected chi connectivity index (χ0v) is 18.4. The highest BCUT2D eigenvalue weighted by atomic mass is 32.2. The lowest BCUT2D eigenvalue weighted by molar-refractivity contribution is -0.116. The number of carbonyl (C=O) groups is 2. The molecule has 2 aromatic carbocycles. The van der Waals surface area contributed by atoms with Gasteiger partial charge in [-0.15, -0.1) is 11.3 Å². The molecule has 0 aliphatic carbocycles. The quantitative estimate of drug-likeness (QED) is 0.468. The van der Waals surface area contributed by atoms with Crippen molar-refractivity contribution in [1.82, 2.24) is 4.98 Å². The van der Waals surface area contributed by atoms with Crippen molar-refractivity contribution in [2.75, 3.05) is 23.0 Å². The smallest absolute Gasteiger partial charge is 0.234 e. The van der Waals surface area contributed by atoms with Crippen LogP contribution in [-0.2, 0) is 16.0 Å². The van der Waals surface area contributed by atoms with Crippen LogP contribution in [0.4, 0.5) is 11.4 Å². The number of nitrogens with one attached hydrogen (secondary N) is 2. The highest BCUT2D eigenvalue weighted by Gasteiger charge is 2.11. The zero-order chi connectivity index (χ0) is 21.3. The van der Waals surface area contributed by atoms with E-state index in [0.717, 1.165) is 21.3 Å². The van der Waals surface area contributed by atoms with Crippen molar-refractivity contribution < 1.29 is 14.3 Å². The van der Waals surface area contributed by atoms with E-state index < -0.39 is 0 Å². The summed E-state index contributed by atoms with van der Waals surface area (Å²) < 4.78 is 6.15. The van der Waals surface area contributed by atoms with Crippen LogP contribution in [0.15, 0.2) is 58.3 Å². The highest BCUT2D eigenvalue weighted by Crippen LogP contribution is 2.23. The summed E-state index contributed by atoms with van der Waals surface area (Å²) in [5.41, 5.74) is 3.31. The number of benzene rings is 2. The molecule has 30 heavy (non-hydrogen) atoms. The Labute approximate surface area is 184 Å². The Morgan fingerprint density at radius 2 is 1.63 bits per heavy atom. The number of anilines is 2. The Kier molecular flexibility index (Phi) is 7.87. The molecule has 6 nitrogen and oxygen atoms in total. The second kappa shape index (κ2) is 10.8. The number of hydrogen-bond donors (Lipinski definition) is 2. The fraction of sp³-hybridized carbons (Fsp3) is 0.227. The average molecular weight is 442 g/mol. The Bertz CT molecular complexity index is 986. The number of thiazole rings is 1. The number of ether oxygens (including phenoxy) is 1. The van der Waals surface area contributed by atoms with Crippen molar-refractivity contribution in [1.29, 1.82) is 0 Å². The monoisotopic (exact) mass is 441 g/mol. The first-order valence-corrected chi connectivity index (χ1v) is 11.3. The van der Waals surface area contributed by atoms with Gasteiger partial charge in [-0.3, -0.25) is 9.59 Å². The number of rotatable bonds is 9. The minimum absolute atomic E-state index is 0.0890. The third-order valence-corrected chi connectivity index (χ3v) is 6.05. The molecule has 3 aromatic rings. The summed E-state index contributed by atoms with van der Waals surface area (Å²) in [5, 5.41) is 7.56. The lowest BCUT2D eigenvalue weighted by Crippen LogP contribution is -2.14. The van der Waals surface area contributed by atoms with Gasteiger partial charge in [-0.25, -0.2) is 4.98 Å². The highest BCUT2D eigenvalue weighted by molar-refractivity contribution is 8.01. The van der Waals surface area contributed by atoms with Crippen molar-refractivity contribution in [2.45, 2.75) is 24.6 Å². The molecule has 0 fully saturated rings. The molecule has 0 bridgehead atoms. The van der Waals surface area contributed by atoms with Crippen LogP contribution in [0, 0.1) is 6.92 Å². The van der Waals surface area contributed by atoms with Gasteiger partial charge in [0.2, 0.25) is 11.8 Å². The standard InChI is InChI=1S/C22H23N3O3S2/c1-3-28-19-10-8-17(9-11-19)23-20(26)12-18-13-29-22(25-18)30-14-21(27)24-16-6-4-15(2)5-7-16/h4-11,13H,3,12,14H2,1-2H3,(H,23,26)(H,24,27). The minimum atomic E-state index is -0.141. The van der Waals surface area contributed by atoms with E-state index in [9.17, 15) is 9.59 Å². The summed E-state index contributed by atoms with van der Waals surface area (Å²) in [6.45, 7) is 4.52. The fourth-order valence-corrected chi connectivity index (χ4v) is 4.21. The lowest BCUT2D eigenvalue weighted by Gasteiger charge is -2.06. The van der Waals surface area contributed by atoms with Crippen LogP contribution in [0.25, 0.3) is 0 Å². The van der Waals surface area contributed by atoms with Crippen molar-refractivity contribution in [3.63, 3.8) is 0 Å². The van der Waals surface area contributed by atoms with Crippen molar-refractivity contribution in [2.24, 2.45) is 0 Å². The molecular weight excluding hydrogens is 418 g/mol. The molecule has 8 heteroatoms. The van der Waals surface area contributed by atoms with Gasteiger partial charge in [0, 0.05) is 16.8 Å². The van der Waals surface area contributed by atoms with Crippen LogP contribution in [0.1, 0.15) is 18.2 Å². The summed E-state index contributed by atoms with van der Waals surface area (Å²) in [6.07, 6.45) is 0.180. The van der Waals surface area contributed by atoms with E-state index >= 15 is 0 Å². The molecule has 156 valence electrons. The normalized spacial score (nSPS) is 10.5. The van der Waals surface area contributed by atoms with Gasteiger partial charge in [0.1, 0.15) is 5.75 Å². The topological polar surface area (TPSA) is 80.3 Å². The Hall–Kier alpha value is -2.84. The van der Waals surface area contributed by atoms with Gasteiger partial charge in [0.05, 0.1) is 24.5 Å². The fourth-order valence-electron chi connectivity index (χ4n) is 2.57. The first kappa shape index (κ1) is 21.9. The molecule has 0 aliphatic heterocycles. The molecule has 0 saturated heterocycles. The molecule has 0 unspecified atom stereocenters. The van der Waals surface area contributed by atoms with E-state index in [4.69, 9.17) is 4.74 Å². The number of hydrogen-bond acceptors (Lipinski definition) is 6. The van der Waals surface area contributed by atoms with Crippen LogP contribution in [0.3, 0.4) is 0 Å². The Balaban J connectivity index is 1.44. The molecule has 2 amide bonds. The molecule has 0 spiro atoms. The summed E-state index contributed by atoms with van der Waals surface area (Å²) in [5.74, 6) is 0.800. The van der Waals surface area contributed by atoms with Gasteiger partial charge >= 0.3 is 0 Å². The average Bonchev–Trinajstić information content (AvgIpc) is 3.17. The lowest BCUT2D eigenvalue weighted by atomic mass is 10.2. The molecule has 2 N–H and O–H groups in total. The first-order chi connectivity index (χ1) is 14.5. The third-order valence-electron chi connectivity index (χ3n) is 3.98. The van der Waals surface area contributed by atoms with Crippen LogP contribution in [0.5, 0.6) is 5.75 Å². The van der Waals surface area contributed by atoms with Gasteiger partial charge in [-0.1, -0.05) is 29.5 Å². The van der Waals surface area contributed by atoms with E-state index in [-0.39, 0.29) is 24.0 Å². The van der Waals surface area contributed by atoms with Gasteiger partial charge in [-0.05, 0) is 50.2 Å². The van der Waals surface area contributed by atoms with Gasteiger partial charge < -0.3 is 15.4 Å². The predicted molar refractivity (Wildman–Crippen MR) is 123 cm³/mol. The maximum absolute atomic E-state index is 12.2. The van der Waals surface area contributed by atoms with E-state index in [1.165, 1.54) is 23.1 Å². The van der Waals surface area contributed by atoms with Gasteiger partial charge in [0.15, 0.2) is 4.34 Å². The molecule has 0 aliphatic rings. The SMILES string of the molecule is CCOc1ccc(NC(=O)Cc2csc(SCC(=O)Nc3ccc(C)cc3)n2)cc1.